The van der Waals surface area contributed by atoms with Gasteiger partial charge in [-0.25, -0.2) is 0 Å². The van der Waals surface area contributed by atoms with E-state index >= 15 is 0 Å². The highest BCUT2D eigenvalue weighted by Gasteiger charge is 2.51. The van der Waals surface area contributed by atoms with E-state index in [2.05, 4.69) is 12.2 Å². The molecule has 3 aromatic carbocycles. The molecule has 0 spiro atoms. The van der Waals surface area contributed by atoms with Gasteiger partial charge in [-0.2, -0.15) is 0 Å². The molecule has 0 unspecified atom stereocenters. The van der Waals surface area contributed by atoms with Crippen molar-refractivity contribution in [2.24, 2.45) is 0 Å². The average molecular weight is 457 g/mol. The minimum atomic E-state index is -0.539. The molecule has 1 fully saturated rings. The smallest absolute Gasteiger partial charge is 0.253 e. The van der Waals surface area contributed by atoms with E-state index < -0.39 is 5.41 Å². The number of fused-ring (bicyclic) bond motifs is 1. The standard InChI is InChI=1S/C28H28N2O4/c1-4-18-8-10-22(16-23(18)19-6-5-7-20(14-19)26(31)30(2)3)29-27(32)28(12-13-28)21-9-11-24-25(15-21)34-17-33-24/h5-11,14-16H,4,12-13,17H2,1-3H3,(H,29,32). The molecule has 0 radical (unpaired) electrons. The monoisotopic (exact) mass is 456 g/mol. The number of hydrogen-bond acceptors (Lipinski definition) is 4. The summed E-state index contributed by atoms with van der Waals surface area (Å²) in [6.45, 7) is 2.32. The molecule has 2 amide bonds. The van der Waals surface area contributed by atoms with E-state index in [0.29, 0.717) is 11.3 Å². The SMILES string of the molecule is CCc1ccc(NC(=O)C2(c3ccc4c(c3)OCO4)CC2)cc1-c1cccc(C(=O)N(C)C)c1. The molecule has 174 valence electrons. The molecule has 5 rings (SSSR count). The molecule has 1 heterocycles. The molecular formula is C28H28N2O4. The maximum atomic E-state index is 13.4. The van der Waals surface area contributed by atoms with Crippen LogP contribution in [0.25, 0.3) is 11.1 Å². The van der Waals surface area contributed by atoms with Gasteiger partial charge in [-0.1, -0.05) is 31.2 Å². The molecule has 2 aliphatic rings. The van der Waals surface area contributed by atoms with Crippen LogP contribution in [0, 0.1) is 0 Å². The van der Waals surface area contributed by atoms with E-state index in [9.17, 15) is 9.59 Å². The summed E-state index contributed by atoms with van der Waals surface area (Å²) in [6, 6.07) is 19.4. The van der Waals surface area contributed by atoms with Crippen molar-refractivity contribution in [3.05, 3.63) is 77.4 Å². The first kappa shape index (κ1) is 22.0. The first-order valence-corrected chi connectivity index (χ1v) is 11.6. The van der Waals surface area contributed by atoms with Crippen molar-refractivity contribution in [2.75, 3.05) is 26.2 Å². The molecule has 6 nitrogen and oxygen atoms in total. The molecule has 0 aromatic heterocycles. The number of anilines is 1. The maximum absolute atomic E-state index is 13.4. The van der Waals surface area contributed by atoms with Crippen LogP contribution in [0.4, 0.5) is 5.69 Å². The summed E-state index contributed by atoms with van der Waals surface area (Å²) in [6.07, 6.45) is 2.44. The van der Waals surface area contributed by atoms with Crippen LogP contribution in [-0.4, -0.2) is 37.6 Å². The lowest BCUT2D eigenvalue weighted by atomic mass is 9.93. The molecule has 0 atom stereocenters. The Morgan fingerprint density at radius 1 is 0.971 bits per heavy atom. The Balaban J connectivity index is 1.43. The van der Waals surface area contributed by atoms with Gasteiger partial charge in [0.05, 0.1) is 5.41 Å². The molecule has 1 aliphatic heterocycles. The van der Waals surface area contributed by atoms with Crippen LogP contribution < -0.4 is 14.8 Å². The van der Waals surface area contributed by atoms with E-state index in [1.165, 1.54) is 0 Å². The minimum absolute atomic E-state index is 0.0156. The average Bonchev–Trinajstić information content (AvgIpc) is 3.54. The van der Waals surface area contributed by atoms with E-state index in [1.54, 1.807) is 19.0 Å². The first-order valence-electron chi connectivity index (χ1n) is 11.6. The summed E-state index contributed by atoms with van der Waals surface area (Å²) < 4.78 is 10.9. The lowest BCUT2D eigenvalue weighted by Gasteiger charge is -2.18. The van der Waals surface area contributed by atoms with E-state index in [-0.39, 0.29) is 18.6 Å². The molecule has 34 heavy (non-hydrogen) atoms. The number of nitrogens with one attached hydrogen (secondary N) is 1. The van der Waals surface area contributed by atoms with Crippen molar-refractivity contribution >= 4 is 17.5 Å². The van der Waals surface area contributed by atoms with Gasteiger partial charge >= 0.3 is 0 Å². The fourth-order valence-electron chi connectivity index (χ4n) is 4.53. The maximum Gasteiger partial charge on any atom is 0.253 e. The zero-order valence-electron chi connectivity index (χ0n) is 19.7. The van der Waals surface area contributed by atoms with Crippen molar-refractivity contribution in [1.29, 1.82) is 0 Å². The largest absolute Gasteiger partial charge is 0.454 e. The molecule has 3 aromatic rings. The number of benzene rings is 3. The summed E-state index contributed by atoms with van der Waals surface area (Å²) in [5.41, 5.74) is 4.92. The van der Waals surface area contributed by atoms with Gasteiger partial charge in [0.2, 0.25) is 12.7 Å². The van der Waals surface area contributed by atoms with E-state index in [4.69, 9.17) is 9.47 Å². The van der Waals surface area contributed by atoms with E-state index in [1.807, 2.05) is 60.7 Å². The number of rotatable bonds is 6. The molecule has 0 saturated heterocycles. The van der Waals surface area contributed by atoms with Gasteiger partial charge in [0, 0.05) is 25.3 Å². The van der Waals surface area contributed by atoms with Crippen LogP contribution in [0.2, 0.25) is 0 Å². The number of carbonyl (C=O) groups is 2. The van der Waals surface area contributed by atoms with Gasteiger partial charge in [-0.15, -0.1) is 0 Å². The van der Waals surface area contributed by atoms with Crippen LogP contribution in [0.1, 0.15) is 41.3 Å². The lowest BCUT2D eigenvalue weighted by molar-refractivity contribution is -0.118. The molecule has 0 bridgehead atoms. The van der Waals surface area contributed by atoms with Crippen LogP contribution >= 0.6 is 0 Å². The minimum Gasteiger partial charge on any atom is -0.454 e. The number of aryl methyl sites for hydroxylation is 1. The van der Waals surface area contributed by atoms with Gasteiger partial charge in [0.1, 0.15) is 0 Å². The summed E-state index contributed by atoms with van der Waals surface area (Å²) in [4.78, 5) is 27.4. The highest BCUT2D eigenvalue weighted by atomic mass is 16.7. The fourth-order valence-corrected chi connectivity index (χ4v) is 4.53. The third-order valence-electron chi connectivity index (χ3n) is 6.69. The predicted molar refractivity (Wildman–Crippen MR) is 131 cm³/mol. The van der Waals surface area contributed by atoms with Gasteiger partial charge in [-0.05, 0) is 77.9 Å². The Hall–Kier alpha value is -3.80. The number of nitrogens with zero attached hydrogens (tertiary/aromatic N) is 1. The molecule has 1 saturated carbocycles. The summed E-state index contributed by atoms with van der Waals surface area (Å²) in [5, 5.41) is 3.14. The van der Waals surface area contributed by atoms with E-state index in [0.717, 1.165) is 53.0 Å². The van der Waals surface area contributed by atoms with Crippen LogP contribution in [-0.2, 0) is 16.6 Å². The lowest BCUT2D eigenvalue weighted by Crippen LogP contribution is -2.27. The molecule has 1 N–H and O–H groups in total. The quantitative estimate of drug-likeness (QED) is 0.566. The van der Waals surface area contributed by atoms with Crippen LogP contribution in [0.15, 0.2) is 60.7 Å². The summed E-state index contributed by atoms with van der Waals surface area (Å²) in [7, 11) is 3.49. The zero-order chi connectivity index (χ0) is 23.9. The second kappa shape index (κ2) is 8.52. The third-order valence-corrected chi connectivity index (χ3v) is 6.69. The van der Waals surface area contributed by atoms with Crippen LogP contribution in [0.3, 0.4) is 0 Å². The van der Waals surface area contributed by atoms with Gasteiger partial charge in [0.15, 0.2) is 11.5 Å². The summed E-state index contributed by atoms with van der Waals surface area (Å²) >= 11 is 0. The second-order valence-corrected chi connectivity index (χ2v) is 9.11. The third kappa shape index (κ3) is 3.89. The molecular weight excluding hydrogens is 428 g/mol. The van der Waals surface area contributed by atoms with Crippen molar-refractivity contribution in [3.63, 3.8) is 0 Å². The Labute approximate surface area is 199 Å². The number of hydrogen-bond donors (Lipinski definition) is 1. The zero-order valence-corrected chi connectivity index (χ0v) is 19.7. The molecule has 6 heteroatoms. The fraction of sp³-hybridized carbons (Fsp3) is 0.286. The van der Waals surface area contributed by atoms with Crippen LogP contribution in [0.5, 0.6) is 11.5 Å². The topological polar surface area (TPSA) is 67.9 Å². The Bertz CT molecular complexity index is 1280. The van der Waals surface area contributed by atoms with Crippen molar-refractivity contribution in [1.82, 2.24) is 4.90 Å². The first-order chi connectivity index (χ1) is 16.4. The highest BCUT2D eigenvalue weighted by Crippen LogP contribution is 2.51. The predicted octanol–water partition coefficient (Wildman–Crippen LogP) is 5.02. The van der Waals surface area contributed by atoms with Crippen molar-refractivity contribution in [2.45, 2.75) is 31.6 Å². The Morgan fingerprint density at radius 2 is 1.76 bits per heavy atom. The van der Waals surface area contributed by atoms with Gasteiger partial charge in [0.25, 0.3) is 5.91 Å². The number of carbonyl (C=O) groups excluding carboxylic acids is 2. The second-order valence-electron chi connectivity index (χ2n) is 9.11. The van der Waals surface area contributed by atoms with Crippen molar-refractivity contribution < 1.29 is 19.1 Å². The highest BCUT2D eigenvalue weighted by molar-refractivity contribution is 6.02. The number of amides is 2. The molecule has 1 aliphatic carbocycles. The Morgan fingerprint density at radius 3 is 2.50 bits per heavy atom. The Kier molecular flexibility index (Phi) is 5.52. The normalized spacial score (nSPS) is 15.0. The van der Waals surface area contributed by atoms with Gasteiger partial charge in [-0.3, -0.25) is 9.59 Å². The number of ether oxygens (including phenoxy) is 2. The van der Waals surface area contributed by atoms with Gasteiger partial charge < -0.3 is 19.7 Å². The summed E-state index contributed by atoms with van der Waals surface area (Å²) in [5.74, 6) is 1.36. The van der Waals surface area contributed by atoms with Crippen molar-refractivity contribution in [3.8, 4) is 22.6 Å².